The van der Waals surface area contributed by atoms with Gasteiger partial charge in [-0.3, -0.25) is 19.4 Å². The van der Waals surface area contributed by atoms with Crippen LogP contribution in [0.4, 0.5) is 0 Å². The van der Waals surface area contributed by atoms with E-state index in [0.717, 1.165) is 36.8 Å². The van der Waals surface area contributed by atoms with Gasteiger partial charge in [-0.15, -0.1) is 0 Å². The summed E-state index contributed by atoms with van der Waals surface area (Å²) < 4.78 is 6.90. The molecule has 2 fully saturated rings. The number of piperidine rings is 2. The number of hydrogen-bond acceptors (Lipinski definition) is 6. The van der Waals surface area contributed by atoms with Crippen LogP contribution in [0.2, 0.25) is 0 Å². The molecule has 2 aliphatic rings. The summed E-state index contributed by atoms with van der Waals surface area (Å²) in [5.74, 6) is -2.36. The van der Waals surface area contributed by atoms with Gasteiger partial charge in [0.05, 0.1) is 0 Å². The standard InChI is InChI=1S/C38H64N2O5/c1-32(2,3)24-21-25(33(4,5)6)31(44)26(22-24)38(45-30(43)23-29(41)42,27-17-19-34(7,8)39(15)36(27,11)12)28-18-20-35(9,10)40(16)37(28,13)14/h21-22,27-28,44H,17-20,23H2,1-16H3,(H,41,42). The fourth-order valence-electron chi connectivity index (χ4n) is 8.64. The molecule has 3 rings (SSSR count). The van der Waals surface area contributed by atoms with E-state index >= 15 is 0 Å². The number of rotatable bonds is 6. The molecule has 2 unspecified atom stereocenters. The SMILES string of the molecule is CN1C(C)(C)CCC(C(OC(=O)CC(=O)O)(c2cc(C(C)(C)C)cc(C(C)(C)C)c2O)C2CCC(C)(C)N(C)C2(C)C)C1(C)C. The highest BCUT2D eigenvalue weighted by atomic mass is 16.6. The number of nitrogens with zero attached hydrogens (tertiary/aromatic N) is 2. The van der Waals surface area contributed by atoms with Crippen molar-refractivity contribution < 1.29 is 24.5 Å². The van der Waals surface area contributed by atoms with Gasteiger partial charge in [0, 0.05) is 39.6 Å². The molecular weight excluding hydrogens is 564 g/mol. The molecule has 0 spiro atoms. The van der Waals surface area contributed by atoms with Crippen molar-refractivity contribution in [1.29, 1.82) is 0 Å². The number of hydrogen-bond donors (Lipinski definition) is 2. The Morgan fingerprint density at radius 1 is 0.778 bits per heavy atom. The predicted octanol–water partition coefficient (Wildman–Crippen LogP) is 8.00. The first kappa shape index (κ1) is 37.3. The third-order valence-corrected chi connectivity index (χ3v) is 12.2. The Hall–Kier alpha value is -2.12. The lowest BCUT2D eigenvalue weighted by Crippen LogP contribution is -2.71. The van der Waals surface area contributed by atoms with E-state index in [9.17, 15) is 19.8 Å². The molecule has 2 aliphatic heterocycles. The number of ether oxygens (including phenoxy) is 1. The lowest BCUT2D eigenvalue weighted by molar-refractivity contribution is -0.229. The monoisotopic (exact) mass is 628 g/mol. The highest BCUT2D eigenvalue weighted by molar-refractivity contribution is 5.90. The van der Waals surface area contributed by atoms with Crippen molar-refractivity contribution >= 4 is 11.9 Å². The number of aliphatic carboxylic acids is 1. The first-order valence-corrected chi connectivity index (χ1v) is 16.8. The number of carboxylic acid groups (broad SMARTS) is 1. The van der Waals surface area contributed by atoms with Crippen LogP contribution in [0, 0.1) is 11.8 Å². The van der Waals surface area contributed by atoms with Gasteiger partial charge in [0.25, 0.3) is 0 Å². The van der Waals surface area contributed by atoms with Crippen molar-refractivity contribution in [1.82, 2.24) is 9.80 Å². The van der Waals surface area contributed by atoms with Crippen molar-refractivity contribution in [3.63, 3.8) is 0 Å². The van der Waals surface area contributed by atoms with Crippen molar-refractivity contribution in [3.05, 3.63) is 28.8 Å². The Labute approximate surface area is 274 Å². The number of aromatic hydroxyl groups is 1. The summed E-state index contributed by atoms with van der Waals surface area (Å²) in [5, 5.41) is 22.3. The molecule has 2 heterocycles. The second-order valence-corrected chi connectivity index (χ2v) is 18.5. The molecule has 45 heavy (non-hydrogen) atoms. The second kappa shape index (κ2) is 11.5. The van der Waals surface area contributed by atoms with E-state index in [-0.39, 0.29) is 34.1 Å². The van der Waals surface area contributed by atoms with Crippen LogP contribution in [0.15, 0.2) is 12.1 Å². The van der Waals surface area contributed by atoms with Crippen LogP contribution in [0.25, 0.3) is 0 Å². The van der Waals surface area contributed by atoms with Gasteiger partial charge in [-0.25, -0.2) is 0 Å². The smallest absolute Gasteiger partial charge is 0.318 e. The fourth-order valence-corrected chi connectivity index (χ4v) is 8.64. The number of likely N-dealkylation sites (tertiary alicyclic amines) is 2. The van der Waals surface area contributed by atoms with Gasteiger partial charge in [0.1, 0.15) is 17.8 Å². The average molecular weight is 629 g/mol. The molecule has 7 heteroatoms. The summed E-state index contributed by atoms with van der Waals surface area (Å²) in [7, 11) is 4.28. The van der Waals surface area contributed by atoms with Crippen molar-refractivity contribution in [2.75, 3.05) is 14.1 Å². The molecular formula is C38H64N2O5. The van der Waals surface area contributed by atoms with Gasteiger partial charge in [-0.1, -0.05) is 47.6 Å². The van der Waals surface area contributed by atoms with Crippen molar-refractivity contribution in [2.24, 2.45) is 11.8 Å². The van der Waals surface area contributed by atoms with Crippen LogP contribution < -0.4 is 0 Å². The molecule has 7 nitrogen and oxygen atoms in total. The molecule has 1 aromatic rings. The van der Waals surface area contributed by atoms with Crippen LogP contribution in [0.1, 0.15) is 146 Å². The molecule has 2 N–H and O–H groups in total. The van der Waals surface area contributed by atoms with E-state index in [1.54, 1.807) is 0 Å². The minimum Gasteiger partial charge on any atom is -0.507 e. The number of phenolic OH excluding ortho intramolecular Hbond substituents is 1. The van der Waals surface area contributed by atoms with Crippen molar-refractivity contribution in [3.8, 4) is 5.75 Å². The summed E-state index contributed by atoms with van der Waals surface area (Å²) in [4.78, 5) is 30.7. The van der Waals surface area contributed by atoms with Crippen LogP contribution >= 0.6 is 0 Å². The summed E-state index contributed by atoms with van der Waals surface area (Å²) >= 11 is 0. The zero-order valence-electron chi connectivity index (χ0n) is 31.4. The minimum absolute atomic E-state index is 0.108. The van der Waals surface area contributed by atoms with Crippen LogP contribution in [-0.4, -0.2) is 68.2 Å². The van der Waals surface area contributed by atoms with Crippen LogP contribution in [0.5, 0.6) is 5.75 Å². The van der Waals surface area contributed by atoms with E-state index in [1.807, 2.05) is 0 Å². The Balaban J connectivity index is 2.63. The molecule has 0 bridgehead atoms. The minimum atomic E-state index is -1.33. The van der Waals surface area contributed by atoms with Gasteiger partial charge < -0.3 is 14.9 Å². The molecule has 1 aromatic carbocycles. The Bertz CT molecular complexity index is 1250. The van der Waals surface area contributed by atoms with Gasteiger partial charge in [0.15, 0.2) is 0 Å². The highest BCUT2D eigenvalue weighted by Crippen LogP contribution is 2.61. The van der Waals surface area contributed by atoms with E-state index in [2.05, 4.69) is 133 Å². The number of carbonyl (C=O) groups is 2. The summed E-state index contributed by atoms with van der Waals surface area (Å²) in [6.45, 7) is 30.6. The topological polar surface area (TPSA) is 90.3 Å². The summed E-state index contributed by atoms with van der Waals surface area (Å²) in [6, 6.07) is 4.18. The molecule has 0 radical (unpaired) electrons. The maximum atomic E-state index is 13.9. The third kappa shape index (κ3) is 6.54. The van der Waals surface area contributed by atoms with Gasteiger partial charge in [0.2, 0.25) is 0 Å². The van der Waals surface area contributed by atoms with Crippen molar-refractivity contribution in [2.45, 2.75) is 168 Å². The molecule has 256 valence electrons. The van der Waals surface area contributed by atoms with Crippen LogP contribution in [-0.2, 0) is 30.8 Å². The molecule has 0 saturated carbocycles. The number of carboxylic acids is 1. The van der Waals surface area contributed by atoms with Gasteiger partial charge >= 0.3 is 11.9 Å². The maximum Gasteiger partial charge on any atom is 0.318 e. The Morgan fingerprint density at radius 2 is 1.18 bits per heavy atom. The van der Waals surface area contributed by atoms with E-state index < -0.39 is 40.5 Å². The first-order valence-electron chi connectivity index (χ1n) is 16.8. The molecule has 0 amide bonds. The fraction of sp³-hybridized carbons (Fsp3) is 0.789. The summed E-state index contributed by atoms with van der Waals surface area (Å²) in [6.07, 6.45) is 2.46. The van der Waals surface area contributed by atoms with Crippen LogP contribution in [0.3, 0.4) is 0 Å². The highest BCUT2D eigenvalue weighted by Gasteiger charge is 2.65. The molecule has 0 aromatic heterocycles. The largest absolute Gasteiger partial charge is 0.507 e. The lowest BCUT2D eigenvalue weighted by atomic mass is 9.53. The molecule has 2 atom stereocenters. The zero-order chi connectivity index (χ0) is 34.9. The lowest BCUT2D eigenvalue weighted by Gasteiger charge is -2.65. The maximum absolute atomic E-state index is 13.9. The quantitative estimate of drug-likeness (QED) is 0.244. The second-order valence-electron chi connectivity index (χ2n) is 18.5. The summed E-state index contributed by atoms with van der Waals surface area (Å²) in [5.41, 5.74) is -0.738. The first-order chi connectivity index (χ1) is 20.0. The number of phenols is 1. The predicted molar refractivity (Wildman–Crippen MR) is 183 cm³/mol. The molecule has 0 aliphatic carbocycles. The third-order valence-electron chi connectivity index (χ3n) is 12.2. The average Bonchev–Trinajstić information content (AvgIpc) is 2.83. The zero-order valence-corrected chi connectivity index (χ0v) is 31.4. The Morgan fingerprint density at radius 3 is 1.53 bits per heavy atom. The van der Waals surface area contributed by atoms with E-state index in [4.69, 9.17) is 4.74 Å². The number of esters is 1. The Kier molecular flexibility index (Phi) is 9.57. The van der Waals surface area contributed by atoms with E-state index in [0.29, 0.717) is 5.56 Å². The van der Waals surface area contributed by atoms with E-state index in [1.165, 1.54) is 0 Å². The molecule has 2 saturated heterocycles. The van der Waals surface area contributed by atoms with Gasteiger partial charge in [-0.05, 0) is 123 Å². The number of carbonyl (C=O) groups excluding carboxylic acids is 1. The number of benzene rings is 1. The normalized spacial score (nSPS) is 26.6. The van der Waals surface area contributed by atoms with Gasteiger partial charge in [-0.2, -0.15) is 0 Å².